The predicted molar refractivity (Wildman–Crippen MR) is 92.2 cm³/mol. The first-order valence-corrected chi connectivity index (χ1v) is 8.15. The van der Waals surface area contributed by atoms with Gasteiger partial charge in [0, 0.05) is 17.8 Å². The van der Waals surface area contributed by atoms with E-state index in [0.29, 0.717) is 6.61 Å². The van der Waals surface area contributed by atoms with Crippen molar-refractivity contribution in [1.82, 2.24) is 10.3 Å². The van der Waals surface area contributed by atoms with Gasteiger partial charge in [-0.05, 0) is 50.6 Å². The van der Waals surface area contributed by atoms with Gasteiger partial charge in [0.05, 0.1) is 12.3 Å². The van der Waals surface area contributed by atoms with E-state index in [1.54, 1.807) is 0 Å². The molecule has 1 N–H and O–H groups in total. The van der Waals surface area contributed by atoms with Crippen molar-refractivity contribution in [3.05, 3.63) is 47.7 Å². The molecule has 3 heteroatoms. The van der Waals surface area contributed by atoms with Crippen molar-refractivity contribution < 1.29 is 4.74 Å². The van der Waals surface area contributed by atoms with E-state index in [1.165, 1.54) is 18.4 Å². The summed E-state index contributed by atoms with van der Waals surface area (Å²) in [5.41, 5.74) is 4.44. The summed E-state index contributed by atoms with van der Waals surface area (Å²) in [7, 11) is 0. The molecule has 0 saturated carbocycles. The number of benzene rings is 1. The maximum atomic E-state index is 5.56. The van der Waals surface area contributed by atoms with Crippen molar-refractivity contribution in [2.45, 2.75) is 40.2 Å². The van der Waals surface area contributed by atoms with E-state index < -0.39 is 0 Å². The van der Waals surface area contributed by atoms with Crippen LogP contribution in [0.25, 0.3) is 11.3 Å². The number of nitrogens with one attached hydrogen (secondary N) is 1. The zero-order valence-corrected chi connectivity index (χ0v) is 13.9. The highest BCUT2D eigenvalue weighted by atomic mass is 16.5. The zero-order chi connectivity index (χ0) is 15.8. The van der Waals surface area contributed by atoms with Crippen LogP contribution in [-0.4, -0.2) is 18.1 Å². The number of aromatic nitrogens is 1. The molecule has 1 aromatic carbocycles. The maximum absolute atomic E-state index is 5.56. The van der Waals surface area contributed by atoms with E-state index in [9.17, 15) is 0 Å². The summed E-state index contributed by atoms with van der Waals surface area (Å²) in [6.07, 6.45) is 2.44. The van der Waals surface area contributed by atoms with Gasteiger partial charge in [-0.1, -0.05) is 31.5 Å². The van der Waals surface area contributed by atoms with Gasteiger partial charge in [-0.2, -0.15) is 0 Å². The normalized spacial score (nSPS) is 10.7. The molecule has 22 heavy (non-hydrogen) atoms. The largest absolute Gasteiger partial charge is 0.494 e. The Balaban J connectivity index is 2.09. The van der Waals surface area contributed by atoms with Gasteiger partial charge < -0.3 is 10.1 Å². The van der Waals surface area contributed by atoms with E-state index in [4.69, 9.17) is 9.72 Å². The molecule has 0 aliphatic heterocycles. The fraction of sp³-hybridized carbons (Fsp3) is 0.421. The molecule has 0 saturated heterocycles. The second-order valence-electron chi connectivity index (χ2n) is 5.43. The van der Waals surface area contributed by atoms with Gasteiger partial charge in [0.25, 0.3) is 0 Å². The Morgan fingerprint density at radius 2 is 2.00 bits per heavy atom. The molecule has 0 atom stereocenters. The zero-order valence-electron chi connectivity index (χ0n) is 13.9. The Hall–Kier alpha value is -1.87. The fourth-order valence-electron chi connectivity index (χ4n) is 2.37. The summed E-state index contributed by atoms with van der Waals surface area (Å²) in [5, 5.41) is 3.47. The molecule has 0 fully saturated rings. The Bertz CT molecular complexity index is 596. The van der Waals surface area contributed by atoms with Crippen LogP contribution in [0.2, 0.25) is 0 Å². The molecule has 118 valence electrons. The Morgan fingerprint density at radius 3 is 2.73 bits per heavy atom. The molecule has 0 amide bonds. The number of rotatable bonds is 8. The van der Waals surface area contributed by atoms with Gasteiger partial charge in [-0.15, -0.1) is 0 Å². The van der Waals surface area contributed by atoms with Crippen molar-refractivity contribution >= 4 is 0 Å². The molecular formula is C19H26N2O. The lowest BCUT2D eigenvalue weighted by molar-refractivity contribution is 0.340. The number of hydrogen-bond donors (Lipinski definition) is 1. The SMILES string of the molecule is CCCCNCc1ccc(-c2cccc(OCC)c2)nc1C. The first-order chi connectivity index (χ1) is 10.7. The molecule has 2 aromatic rings. The molecule has 0 unspecified atom stereocenters. The van der Waals surface area contributed by atoms with Crippen LogP contribution in [0.1, 0.15) is 37.9 Å². The highest BCUT2D eigenvalue weighted by molar-refractivity contribution is 5.61. The lowest BCUT2D eigenvalue weighted by Crippen LogP contribution is -2.15. The maximum Gasteiger partial charge on any atom is 0.119 e. The van der Waals surface area contributed by atoms with Crippen molar-refractivity contribution in [3.63, 3.8) is 0 Å². The standard InChI is InChI=1S/C19H26N2O/c1-4-6-12-20-14-17-10-11-19(21-15(17)3)16-8-7-9-18(13-16)22-5-2/h7-11,13,20H,4-6,12,14H2,1-3H3. The van der Waals surface area contributed by atoms with Crippen LogP contribution in [0.5, 0.6) is 5.75 Å². The number of nitrogens with zero attached hydrogens (tertiary/aromatic N) is 1. The number of hydrogen-bond acceptors (Lipinski definition) is 3. The lowest BCUT2D eigenvalue weighted by atomic mass is 10.1. The van der Waals surface area contributed by atoms with Crippen LogP contribution in [0.4, 0.5) is 0 Å². The van der Waals surface area contributed by atoms with Crippen LogP contribution in [0.3, 0.4) is 0 Å². The van der Waals surface area contributed by atoms with E-state index in [2.05, 4.69) is 37.4 Å². The summed E-state index contributed by atoms with van der Waals surface area (Å²) in [5.74, 6) is 0.893. The second-order valence-corrected chi connectivity index (χ2v) is 5.43. The minimum Gasteiger partial charge on any atom is -0.494 e. The summed E-state index contributed by atoms with van der Waals surface area (Å²) < 4.78 is 5.56. The van der Waals surface area contributed by atoms with E-state index in [0.717, 1.165) is 35.8 Å². The van der Waals surface area contributed by atoms with Crippen LogP contribution in [0, 0.1) is 6.92 Å². The first-order valence-electron chi connectivity index (χ1n) is 8.15. The third-order valence-corrected chi connectivity index (χ3v) is 3.66. The van der Waals surface area contributed by atoms with Crippen LogP contribution in [0.15, 0.2) is 36.4 Å². The minimum atomic E-state index is 0.679. The van der Waals surface area contributed by atoms with Crippen LogP contribution < -0.4 is 10.1 Å². The number of unbranched alkanes of at least 4 members (excludes halogenated alkanes) is 1. The molecule has 0 aliphatic carbocycles. The average Bonchev–Trinajstić information content (AvgIpc) is 2.53. The highest BCUT2D eigenvalue weighted by Gasteiger charge is 2.05. The van der Waals surface area contributed by atoms with Crippen molar-refractivity contribution in [2.24, 2.45) is 0 Å². The molecule has 3 nitrogen and oxygen atoms in total. The van der Waals surface area contributed by atoms with Gasteiger partial charge in [0.2, 0.25) is 0 Å². The molecule has 1 aromatic heterocycles. The van der Waals surface area contributed by atoms with Crippen molar-refractivity contribution in [1.29, 1.82) is 0 Å². The number of aryl methyl sites for hydroxylation is 1. The van der Waals surface area contributed by atoms with Gasteiger partial charge in [-0.25, -0.2) is 0 Å². The second kappa shape index (κ2) is 8.54. The van der Waals surface area contributed by atoms with E-state index in [1.807, 2.05) is 25.1 Å². The van der Waals surface area contributed by atoms with Gasteiger partial charge in [0.15, 0.2) is 0 Å². The third-order valence-electron chi connectivity index (χ3n) is 3.66. The van der Waals surface area contributed by atoms with Crippen molar-refractivity contribution in [2.75, 3.05) is 13.2 Å². The number of pyridine rings is 1. The quantitative estimate of drug-likeness (QED) is 0.736. The first kappa shape index (κ1) is 16.5. The monoisotopic (exact) mass is 298 g/mol. The molecule has 1 heterocycles. The van der Waals surface area contributed by atoms with E-state index >= 15 is 0 Å². The van der Waals surface area contributed by atoms with Crippen molar-refractivity contribution in [3.8, 4) is 17.0 Å². The average molecular weight is 298 g/mol. The third kappa shape index (κ3) is 4.57. The van der Waals surface area contributed by atoms with Gasteiger partial charge in [-0.3, -0.25) is 4.98 Å². The molecule has 0 aliphatic rings. The Kier molecular flexibility index (Phi) is 6.41. The molecule has 2 rings (SSSR count). The summed E-state index contributed by atoms with van der Waals surface area (Å²) >= 11 is 0. The summed E-state index contributed by atoms with van der Waals surface area (Å²) in [4.78, 5) is 4.75. The fourth-order valence-corrected chi connectivity index (χ4v) is 2.37. The summed E-state index contributed by atoms with van der Waals surface area (Å²) in [6.45, 7) is 8.91. The minimum absolute atomic E-state index is 0.679. The van der Waals surface area contributed by atoms with Gasteiger partial charge >= 0.3 is 0 Å². The van der Waals surface area contributed by atoms with Crippen LogP contribution in [-0.2, 0) is 6.54 Å². The molecule has 0 spiro atoms. The molecule has 0 bridgehead atoms. The topological polar surface area (TPSA) is 34.1 Å². The Morgan fingerprint density at radius 1 is 1.14 bits per heavy atom. The summed E-state index contributed by atoms with van der Waals surface area (Å²) in [6, 6.07) is 12.4. The van der Waals surface area contributed by atoms with E-state index in [-0.39, 0.29) is 0 Å². The Labute approximate surface area is 133 Å². The van der Waals surface area contributed by atoms with Crippen LogP contribution >= 0.6 is 0 Å². The lowest BCUT2D eigenvalue weighted by Gasteiger charge is -2.10. The molecular weight excluding hydrogens is 272 g/mol. The highest BCUT2D eigenvalue weighted by Crippen LogP contribution is 2.23. The number of ether oxygens (including phenoxy) is 1. The van der Waals surface area contributed by atoms with Gasteiger partial charge in [0.1, 0.15) is 5.75 Å². The smallest absolute Gasteiger partial charge is 0.119 e. The predicted octanol–water partition coefficient (Wildman–Crippen LogP) is 4.35. The molecule has 0 radical (unpaired) electrons.